The van der Waals surface area contributed by atoms with Gasteiger partial charge < -0.3 is 19.7 Å². The smallest absolute Gasteiger partial charge is 0.314 e. The van der Waals surface area contributed by atoms with Crippen LogP contribution in [0.4, 0.5) is 0 Å². The second kappa shape index (κ2) is 7.76. The van der Waals surface area contributed by atoms with Crippen molar-refractivity contribution in [2.75, 3.05) is 13.1 Å². The van der Waals surface area contributed by atoms with E-state index in [1.165, 1.54) is 0 Å². The van der Waals surface area contributed by atoms with Gasteiger partial charge >= 0.3 is 5.97 Å². The molecular formula is C21H27ClN2O4. The molecule has 152 valence electrons. The van der Waals surface area contributed by atoms with E-state index in [-0.39, 0.29) is 18.9 Å². The Hall–Kier alpha value is -2.05. The molecule has 2 heterocycles. The molecule has 1 amide bonds. The molecule has 0 saturated carbocycles. The predicted molar refractivity (Wildman–Crippen MR) is 109 cm³/mol. The number of halogens is 1. The van der Waals surface area contributed by atoms with E-state index in [9.17, 15) is 19.8 Å². The number of carbonyl (C=O) groups is 2. The summed E-state index contributed by atoms with van der Waals surface area (Å²) in [6, 6.07) is 7.28. The van der Waals surface area contributed by atoms with Gasteiger partial charge in [0.05, 0.1) is 16.6 Å². The summed E-state index contributed by atoms with van der Waals surface area (Å²) in [5.74, 6) is -0.968. The maximum Gasteiger partial charge on any atom is 0.314 e. The molecule has 2 aromatic rings. The molecule has 1 aromatic heterocycles. The van der Waals surface area contributed by atoms with Crippen LogP contribution < -0.4 is 0 Å². The third-order valence-corrected chi connectivity index (χ3v) is 6.20. The summed E-state index contributed by atoms with van der Waals surface area (Å²) in [7, 11) is 1.78. The van der Waals surface area contributed by atoms with E-state index in [1.807, 2.05) is 26.0 Å². The van der Waals surface area contributed by atoms with Crippen LogP contribution in [0, 0.1) is 11.3 Å². The third-order valence-electron chi connectivity index (χ3n) is 5.89. The molecule has 1 aliphatic rings. The molecule has 7 heteroatoms. The number of benzene rings is 1. The number of piperidine rings is 1. The van der Waals surface area contributed by atoms with Gasteiger partial charge in [-0.3, -0.25) is 9.59 Å². The summed E-state index contributed by atoms with van der Waals surface area (Å²) < 4.78 is 1.75. The molecule has 1 aliphatic heterocycles. The fourth-order valence-corrected chi connectivity index (χ4v) is 4.40. The Morgan fingerprint density at radius 2 is 2.07 bits per heavy atom. The number of aryl methyl sites for hydroxylation is 1. The van der Waals surface area contributed by atoms with Crippen LogP contribution in [0.1, 0.15) is 43.6 Å². The number of aliphatic carboxylic acids is 1. The quantitative estimate of drug-likeness (QED) is 0.795. The minimum absolute atomic E-state index is 0.00428. The van der Waals surface area contributed by atoms with Crippen LogP contribution in [0.2, 0.25) is 5.02 Å². The number of carboxylic acids is 1. The number of fused-ring (bicyclic) bond motifs is 1. The van der Waals surface area contributed by atoms with Crippen molar-refractivity contribution in [3.05, 3.63) is 35.0 Å². The van der Waals surface area contributed by atoms with E-state index in [0.717, 1.165) is 10.9 Å². The van der Waals surface area contributed by atoms with Crippen molar-refractivity contribution in [1.29, 1.82) is 0 Å². The molecule has 2 atom stereocenters. The van der Waals surface area contributed by atoms with Gasteiger partial charge in [0, 0.05) is 25.5 Å². The minimum atomic E-state index is -1.33. The van der Waals surface area contributed by atoms with E-state index >= 15 is 0 Å². The number of hydrogen-bond acceptors (Lipinski definition) is 3. The SMILES string of the molecule is CC(C)CC[C@@]1(C(=O)O)CN(C(=O)c2cc3cccc(Cl)c3n2C)CC[C@@H]1O. The van der Waals surface area contributed by atoms with Crippen LogP contribution in [-0.4, -0.2) is 50.8 Å². The zero-order valence-corrected chi connectivity index (χ0v) is 17.2. The van der Waals surface area contributed by atoms with Crippen LogP contribution in [0.15, 0.2) is 24.3 Å². The molecule has 2 N–H and O–H groups in total. The molecule has 6 nitrogen and oxygen atoms in total. The largest absolute Gasteiger partial charge is 0.481 e. The highest BCUT2D eigenvalue weighted by molar-refractivity contribution is 6.35. The first-order valence-electron chi connectivity index (χ1n) is 9.62. The maximum absolute atomic E-state index is 13.2. The van der Waals surface area contributed by atoms with Gasteiger partial charge in [-0.05, 0) is 37.3 Å². The van der Waals surface area contributed by atoms with Gasteiger partial charge in [-0.1, -0.05) is 37.6 Å². The topological polar surface area (TPSA) is 82.8 Å². The molecule has 0 spiro atoms. The second-order valence-electron chi connectivity index (χ2n) is 8.19. The first-order valence-corrected chi connectivity index (χ1v) is 10.00. The van der Waals surface area contributed by atoms with Crippen LogP contribution in [0.5, 0.6) is 0 Å². The van der Waals surface area contributed by atoms with Crippen LogP contribution >= 0.6 is 11.6 Å². The Balaban J connectivity index is 1.93. The normalized spacial score (nSPS) is 22.8. The number of aliphatic hydroxyl groups is 1. The Bertz CT molecular complexity index is 907. The summed E-state index contributed by atoms with van der Waals surface area (Å²) in [6.45, 7) is 4.37. The average Bonchev–Trinajstić information content (AvgIpc) is 2.98. The predicted octanol–water partition coefficient (Wildman–Crippen LogP) is 3.55. The molecule has 3 rings (SSSR count). The number of likely N-dealkylation sites (tertiary alicyclic amines) is 1. The Morgan fingerprint density at radius 3 is 2.68 bits per heavy atom. The van der Waals surface area contributed by atoms with E-state index in [0.29, 0.717) is 36.0 Å². The van der Waals surface area contributed by atoms with Crippen molar-refractivity contribution in [3.8, 4) is 0 Å². The van der Waals surface area contributed by atoms with Crippen LogP contribution in [0.3, 0.4) is 0 Å². The zero-order chi connectivity index (χ0) is 20.6. The van der Waals surface area contributed by atoms with Gasteiger partial charge in [-0.25, -0.2) is 0 Å². The Labute approximate surface area is 169 Å². The third kappa shape index (κ3) is 3.51. The van der Waals surface area contributed by atoms with Crippen molar-refractivity contribution < 1.29 is 19.8 Å². The number of nitrogens with zero attached hydrogens (tertiary/aromatic N) is 2. The molecule has 1 fully saturated rings. The van der Waals surface area contributed by atoms with Gasteiger partial charge in [-0.15, -0.1) is 0 Å². The first-order chi connectivity index (χ1) is 13.2. The number of amides is 1. The lowest BCUT2D eigenvalue weighted by Gasteiger charge is -2.43. The van der Waals surface area contributed by atoms with Gasteiger partial charge in [0.1, 0.15) is 11.1 Å². The standard InChI is InChI=1S/C21H27ClN2O4/c1-13(2)7-9-21(20(27)28)12-24(10-8-17(21)25)19(26)16-11-14-5-4-6-15(22)18(14)23(16)3/h4-6,11,13,17,25H,7-10,12H2,1-3H3,(H,27,28)/t17-,21+/m0/s1. The van der Waals surface area contributed by atoms with E-state index in [1.54, 1.807) is 28.6 Å². The number of hydrogen-bond donors (Lipinski definition) is 2. The first kappa shape index (κ1) is 20.7. The lowest BCUT2D eigenvalue weighted by atomic mass is 9.72. The van der Waals surface area contributed by atoms with Crippen molar-refractivity contribution in [1.82, 2.24) is 9.47 Å². The monoisotopic (exact) mass is 406 g/mol. The lowest BCUT2D eigenvalue weighted by Crippen LogP contribution is -2.57. The summed E-state index contributed by atoms with van der Waals surface area (Å²) in [6.07, 6.45) is 0.302. The fraction of sp³-hybridized carbons (Fsp3) is 0.524. The molecule has 28 heavy (non-hydrogen) atoms. The number of rotatable bonds is 5. The zero-order valence-electron chi connectivity index (χ0n) is 16.5. The van der Waals surface area contributed by atoms with Gasteiger partial charge in [0.2, 0.25) is 0 Å². The fourth-order valence-electron chi connectivity index (χ4n) is 4.10. The van der Waals surface area contributed by atoms with Crippen LogP contribution in [0.25, 0.3) is 10.9 Å². The van der Waals surface area contributed by atoms with Gasteiger partial charge in [0.15, 0.2) is 0 Å². The molecule has 0 bridgehead atoms. The van der Waals surface area contributed by atoms with Crippen molar-refractivity contribution in [2.45, 2.75) is 39.2 Å². The van der Waals surface area contributed by atoms with Crippen molar-refractivity contribution in [3.63, 3.8) is 0 Å². The lowest BCUT2D eigenvalue weighted by molar-refractivity contribution is -0.163. The van der Waals surface area contributed by atoms with E-state index in [4.69, 9.17) is 11.6 Å². The highest BCUT2D eigenvalue weighted by atomic mass is 35.5. The molecule has 1 saturated heterocycles. The molecular weight excluding hydrogens is 380 g/mol. The van der Waals surface area contributed by atoms with Crippen molar-refractivity contribution in [2.24, 2.45) is 18.4 Å². The summed E-state index contributed by atoms with van der Waals surface area (Å²) in [4.78, 5) is 26.9. The van der Waals surface area contributed by atoms with Crippen molar-refractivity contribution >= 4 is 34.4 Å². The minimum Gasteiger partial charge on any atom is -0.481 e. The van der Waals surface area contributed by atoms with Gasteiger partial charge in [0.25, 0.3) is 5.91 Å². The van der Waals surface area contributed by atoms with E-state index < -0.39 is 17.5 Å². The molecule has 0 radical (unpaired) electrons. The number of aromatic nitrogens is 1. The summed E-state index contributed by atoms with van der Waals surface area (Å²) in [5, 5.41) is 21.9. The molecule has 0 aliphatic carbocycles. The summed E-state index contributed by atoms with van der Waals surface area (Å²) in [5.41, 5.74) is -0.100. The summed E-state index contributed by atoms with van der Waals surface area (Å²) >= 11 is 6.29. The number of para-hydroxylation sites is 1. The van der Waals surface area contributed by atoms with Gasteiger partial charge in [-0.2, -0.15) is 0 Å². The van der Waals surface area contributed by atoms with Crippen LogP contribution in [-0.2, 0) is 11.8 Å². The Morgan fingerprint density at radius 1 is 1.36 bits per heavy atom. The van der Waals surface area contributed by atoms with E-state index in [2.05, 4.69) is 0 Å². The average molecular weight is 407 g/mol. The Kier molecular flexibility index (Phi) is 5.73. The molecule has 1 aromatic carbocycles. The number of carboxylic acid groups (broad SMARTS) is 1. The second-order valence-corrected chi connectivity index (χ2v) is 8.60. The molecule has 0 unspecified atom stereocenters. The number of carbonyl (C=O) groups excluding carboxylic acids is 1. The maximum atomic E-state index is 13.2. The number of aliphatic hydroxyl groups excluding tert-OH is 1. The highest BCUT2D eigenvalue weighted by Crippen LogP contribution is 2.37. The highest BCUT2D eigenvalue weighted by Gasteiger charge is 2.50.